The van der Waals surface area contributed by atoms with Gasteiger partial charge in [0.05, 0.1) is 5.56 Å². The zero-order valence-corrected chi connectivity index (χ0v) is 10.1. The molecule has 1 atom stereocenters. The van der Waals surface area contributed by atoms with Crippen LogP contribution in [-0.2, 0) is 0 Å². The Bertz CT molecular complexity index is 411. The first kappa shape index (κ1) is 11.9. The Morgan fingerprint density at radius 2 is 2.41 bits per heavy atom. The maximum absolute atomic E-state index is 11.3. The molecule has 4 N–H and O–H groups in total. The van der Waals surface area contributed by atoms with E-state index < -0.39 is 0 Å². The van der Waals surface area contributed by atoms with Crippen molar-refractivity contribution in [3.8, 4) is 0 Å². The number of anilines is 1. The molecular formula is C13H19N3O. The van der Waals surface area contributed by atoms with Gasteiger partial charge in [0.15, 0.2) is 0 Å². The number of nitrogens with one attached hydrogen (secondary N) is 2. The lowest BCUT2D eigenvalue weighted by Gasteiger charge is -2.14. The fourth-order valence-corrected chi connectivity index (χ4v) is 2.16. The first-order valence-electron chi connectivity index (χ1n) is 6.02. The Kier molecular flexibility index (Phi) is 3.64. The van der Waals surface area contributed by atoms with Gasteiger partial charge in [-0.15, -0.1) is 0 Å². The minimum atomic E-state index is -0.378. The van der Waals surface area contributed by atoms with Crippen LogP contribution in [0.1, 0.15) is 22.3 Å². The molecule has 4 heteroatoms. The van der Waals surface area contributed by atoms with Gasteiger partial charge >= 0.3 is 0 Å². The number of hydrogen-bond acceptors (Lipinski definition) is 3. The van der Waals surface area contributed by atoms with Gasteiger partial charge in [0.25, 0.3) is 5.91 Å². The molecule has 17 heavy (non-hydrogen) atoms. The average molecular weight is 233 g/mol. The molecule has 1 amide bonds. The number of benzene rings is 1. The van der Waals surface area contributed by atoms with Gasteiger partial charge in [-0.05, 0) is 50.0 Å². The van der Waals surface area contributed by atoms with E-state index in [-0.39, 0.29) is 5.91 Å². The van der Waals surface area contributed by atoms with Crippen molar-refractivity contribution in [2.45, 2.75) is 13.3 Å². The predicted octanol–water partition coefficient (Wildman–Crippen LogP) is 1.12. The zero-order valence-electron chi connectivity index (χ0n) is 10.1. The molecule has 1 unspecified atom stereocenters. The number of carbonyl (C=O) groups is 1. The number of rotatable bonds is 4. The van der Waals surface area contributed by atoms with Crippen LogP contribution >= 0.6 is 0 Å². The van der Waals surface area contributed by atoms with Gasteiger partial charge in [-0.25, -0.2) is 0 Å². The summed E-state index contributed by atoms with van der Waals surface area (Å²) in [6.07, 6.45) is 1.19. The first-order chi connectivity index (χ1) is 8.16. The number of amides is 1. The van der Waals surface area contributed by atoms with Gasteiger partial charge in [0.2, 0.25) is 0 Å². The van der Waals surface area contributed by atoms with E-state index in [9.17, 15) is 4.79 Å². The molecular weight excluding hydrogens is 214 g/mol. The predicted molar refractivity (Wildman–Crippen MR) is 69.2 cm³/mol. The van der Waals surface area contributed by atoms with Crippen molar-refractivity contribution >= 4 is 11.6 Å². The molecule has 92 valence electrons. The molecule has 0 aliphatic carbocycles. The van der Waals surface area contributed by atoms with E-state index in [1.807, 2.05) is 19.1 Å². The van der Waals surface area contributed by atoms with E-state index in [2.05, 4.69) is 10.6 Å². The van der Waals surface area contributed by atoms with Crippen molar-refractivity contribution in [1.29, 1.82) is 0 Å². The largest absolute Gasteiger partial charge is 0.384 e. The van der Waals surface area contributed by atoms with Gasteiger partial charge in [0.1, 0.15) is 0 Å². The lowest BCUT2D eigenvalue weighted by molar-refractivity contribution is 0.100. The Balaban J connectivity index is 2.07. The molecule has 1 heterocycles. The molecule has 1 aromatic rings. The Morgan fingerprint density at radius 3 is 3.06 bits per heavy atom. The summed E-state index contributed by atoms with van der Waals surface area (Å²) in [5.41, 5.74) is 7.91. The average Bonchev–Trinajstić information content (AvgIpc) is 2.78. The summed E-state index contributed by atoms with van der Waals surface area (Å²) in [4.78, 5) is 11.3. The molecule has 0 saturated carbocycles. The van der Waals surface area contributed by atoms with Gasteiger partial charge < -0.3 is 16.4 Å². The highest BCUT2D eigenvalue weighted by atomic mass is 16.1. The number of aryl methyl sites for hydroxylation is 1. The van der Waals surface area contributed by atoms with E-state index >= 15 is 0 Å². The van der Waals surface area contributed by atoms with Crippen molar-refractivity contribution in [3.05, 3.63) is 29.3 Å². The number of nitrogens with two attached hydrogens (primary N) is 1. The van der Waals surface area contributed by atoms with Crippen molar-refractivity contribution in [1.82, 2.24) is 5.32 Å². The highest BCUT2D eigenvalue weighted by molar-refractivity contribution is 5.98. The highest BCUT2D eigenvalue weighted by Gasteiger charge is 2.15. The summed E-state index contributed by atoms with van der Waals surface area (Å²) in [6, 6.07) is 5.66. The van der Waals surface area contributed by atoms with E-state index in [1.165, 1.54) is 6.42 Å². The Morgan fingerprint density at radius 1 is 1.59 bits per heavy atom. The normalized spacial score (nSPS) is 19.2. The SMILES string of the molecule is Cc1ccc(C(N)=O)c(NCC2CCNC2)c1. The number of carbonyl (C=O) groups excluding carboxylic acids is 1. The zero-order chi connectivity index (χ0) is 12.3. The van der Waals surface area contributed by atoms with Crippen LogP contribution in [0.5, 0.6) is 0 Å². The minimum Gasteiger partial charge on any atom is -0.384 e. The van der Waals surface area contributed by atoms with Crippen LogP contribution in [-0.4, -0.2) is 25.5 Å². The third kappa shape index (κ3) is 2.97. The van der Waals surface area contributed by atoms with Gasteiger partial charge in [-0.1, -0.05) is 6.07 Å². The van der Waals surface area contributed by atoms with Crippen LogP contribution in [0.4, 0.5) is 5.69 Å². The third-order valence-electron chi connectivity index (χ3n) is 3.18. The van der Waals surface area contributed by atoms with Gasteiger partial charge in [-0.3, -0.25) is 4.79 Å². The lowest BCUT2D eigenvalue weighted by atomic mass is 10.1. The van der Waals surface area contributed by atoms with Crippen molar-refractivity contribution in [2.24, 2.45) is 11.7 Å². The van der Waals surface area contributed by atoms with E-state index in [4.69, 9.17) is 5.73 Å². The van der Waals surface area contributed by atoms with E-state index in [1.54, 1.807) is 6.07 Å². The molecule has 4 nitrogen and oxygen atoms in total. The fourth-order valence-electron chi connectivity index (χ4n) is 2.16. The van der Waals surface area contributed by atoms with Crippen LogP contribution < -0.4 is 16.4 Å². The first-order valence-corrected chi connectivity index (χ1v) is 6.02. The van der Waals surface area contributed by atoms with Gasteiger partial charge in [-0.2, -0.15) is 0 Å². The summed E-state index contributed by atoms with van der Waals surface area (Å²) in [7, 11) is 0. The summed E-state index contributed by atoms with van der Waals surface area (Å²) < 4.78 is 0. The number of primary amides is 1. The lowest BCUT2D eigenvalue weighted by Crippen LogP contribution is -2.20. The summed E-state index contributed by atoms with van der Waals surface area (Å²) in [5.74, 6) is 0.258. The van der Waals surface area contributed by atoms with Crippen LogP contribution in [0.15, 0.2) is 18.2 Å². The topological polar surface area (TPSA) is 67.2 Å². The van der Waals surface area contributed by atoms with Gasteiger partial charge in [0, 0.05) is 12.2 Å². The van der Waals surface area contributed by atoms with E-state index in [0.717, 1.165) is 30.9 Å². The molecule has 0 aromatic heterocycles. The summed E-state index contributed by atoms with van der Waals surface area (Å²) in [5, 5.41) is 6.66. The van der Waals surface area contributed by atoms with Crippen molar-refractivity contribution < 1.29 is 4.79 Å². The second kappa shape index (κ2) is 5.19. The standard InChI is InChI=1S/C13H19N3O/c1-9-2-3-11(13(14)17)12(6-9)16-8-10-4-5-15-7-10/h2-3,6,10,15-16H,4-5,7-8H2,1H3,(H2,14,17). The molecule has 1 fully saturated rings. The summed E-state index contributed by atoms with van der Waals surface area (Å²) in [6.45, 7) is 5.03. The molecule has 1 aromatic carbocycles. The Labute approximate surface area is 102 Å². The van der Waals surface area contributed by atoms with Crippen LogP contribution in [0.25, 0.3) is 0 Å². The molecule has 0 radical (unpaired) electrons. The van der Waals surface area contributed by atoms with Crippen molar-refractivity contribution in [3.63, 3.8) is 0 Å². The minimum absolute atomic E-state index is 0.378. The second-order valence-electron chi connectivity index (χ2n) is 4.65. The van der Waals surface area contributed by atoms with E-state index in [0.29, 0.717) is 11.5 Å². The Hall–Kier alpha value is -1.55. The molecule has 1 saturated heterocycles. The maximum atomic E-state index is 11.3. The molecule has 2 rings (SSSR count). The second-order valence-corrected chi connectivity index (χ2v) is 4.65. The quantitative estimate of drug-likeness (QED) is 0.730. The molecule has 1 aliphatic heterocycles. The van der Waals surface area contributed by atoms with Crippen LogP contribution in [0.2, 0.25) is 0 Å². The molecule has 0 spiro atoms. The monoisotopic (exact) mass is 233 g/mol. The smallest absolute Gasteiger partial charge is 0.250 e. The fraction of sp³-hybridized carbons (Fsp3) is 0.462. The third-order valence-corrected chi connectivity index (χ3v) is 3.18. The summed E-state index contributed by atoms with van der Waals surface area (Å²) >= 11 is 0. The number of hydrogen-bond donors (Lipinski definition) is 3. The molecule has 1 aliphatic rings. The van der Waals surface area contributed by atoms with Crippen LogP contribution in [0, 0.1) is 12.8 Å². The highest BCUT2D eigenvalue weighted by Crippen LogP contribution is 2.18. The molecule has 0 bridgehead atoms. The maximum Gasteiger partial charge on any atom is 0.250 e. The van der Waals surface area contributed by atoms with Crippen molar-refractivity contribution in [2.75, 3.05) is 25.0 Å². The van der Waals surface area contributed by atoms with Crippen LogP contribution in [0.3, 0.4) is 0 Å².